The molecule has 4 nitrogen and oxygen atoms in total. The van der Waals surface area contributed by atoms with E-state index in [4.69, 9.17) is 4.98 Å². The van der Waals surface area contributed by atoms with E-state index in [0.717, 1.165) is 18.1 Å². The molecule has 1 unspecified atom stereocenters. The number of benzene rings is 1. The molecule has 2 N–H and O–H groups in total. The minimum Gasteiger partial charge on any atom is -0.358 e. The van der Waals surface area contributed by atoms with Crippen LogP contribution in [-0.2, 0) is 6.42 Å². The van der Waals surface area contributed by atoms with E-state index in [1.54, 1.807) is 0 Å². The molecule has 3 aromatic rings. The second kappa shape index (κ2) is 4.20. The molecule has 5 rings (SSSR count). The fourth-order valence-corrected chi connectivity index (χ4v) is 3.66. The van der Waals surface area contributed by atoms with Crippen LogP contribution in [0.4, 0.5) is 0 Å². The molecule has 0 bridgehead atoms. The van der Waals surface area contributed by atoms with Crippen molar-refractivity contribution >= 4 is 10.9 Å². The highest BCUT2D eigenvalue weighted by Crippen LogP contribution is 2.41. The first kappa shape index (κ1) is 11.5. The van der Waals surface area contributed by atoms with Crippen LogP contribution in [0.3, 0.4) is 0 Å². The summed E-state index contributed by atoms with van der Waals surface area (Å²) in [6.45, 7) is 0. The van der Waals surface area contributed by atoms with Gasteiger partial charge in [-0.2, -0.15) is 5.10 Å². The summed E-state index contributed by atoms with van der Waals surface area (Å²) in [5.41, 5.74) is 4.07. The van der Waals surface area contributed by atoms with Gasteiger partial charge in [-0.05, 0) is 43.7 Å². The van der Waals surface area contributed by atoms with Crippen molar-refractivity contribution in [2.24, 2.45) is 0 Å². The summed E-state index contributed by atoms with van der Waals surface area (Å²) in [5, 5.41) is 9.01. The molecule has 0 amide bonds. The first-order chi connectivity index (χ1) is 10.4. The van der Waals surface area contributed by atoms with Gasteiger partial charge in [-0.1, -0.05) is 18.2 Å². The van der Waals surface area contributed by atoms with Gasteiger partial charge in [-0.3, -0.25) is 5.10 Å². The molecule has 1 aromatic carbocycles. The van der Waals surface area contributed by atoms with Gasteiger partial charge in [0.15, 0.2) is 5.82 Å². The molecule has 2 aliphatic rings. The van der Waals surface area contributed by atoms with Crippen LogP contribution >= 0.6 is 0 Å². The fourth-order valence-electron chi connectivity index (χ4n) is 3.66. The fraction of sp³-hybridized carbons (Fsp3) is 0.412. The monoisotopic (exact) mass is 278 g/mol. The zero-order valence-corrected chi connectivity index (χ0v) is 11.9. The number of H-pyrrole nitrogens is 2. The minimum atomic E-state index is 0.348. The van der Waals surface area contributed by atoms with Crippen LogP contribution < -0.4 is 0 Å². The smallest absolute Gasteiger partial charge is 0.153 e. The number of nitrogens with zero attached hydrogens (tertiary/aromatic N) is 2. The number of para-hydroxylation sites is 1. The first-order valence-electron chi connectivity index (χ1n) is 7.92. The van der Waals surface area contributed by atoms with E-state index in [1.165, 1.54) is 47.8 Å². The summed E-state index contributed by atoms with van der Waals surface area (Å²) in [5.74, 6) is 3.03. The van der Waals surface area contributed by atoms with Crippen molar-refractivity contribution in [2.45, 2.75) is 43.9 Å². The maximum atomic E-state index is 4.78. The van der Waals surface area contributed by atoms with E-state index in [-0.39, 0.29) is 0 Å². The molecule has 1 atom stereocenters. The zero-order chi connectivity index (χ0) is 13.8. The highest BCUT2D eigenvalue weighted by Gasteiger charge is 2.31. The number of nitrogens with one attached hydrogen (secondary N) is 2. The molecule has 4 heteroatoms. The van der Waals surface area contributed by atoms with Gasteiger partial charge < -0.3 is 4.98 Å². The van der Waals surface area contributed by atoms with Crippen LogP contribution in [0, 0.1) is 0 Å². The highest BCUT2D eigenvalue weighted by molar-refractivity contribution is 5.85. The molecule has 0 spiro atoms. The minimum absolute atomic E-state index is 0.348. The first-order valence-corrected chi connectivity index (χ1v) is 7.92. The molecule has 2 heterocycles. The average Bonchev–Trinajstić information content (AvgIpc) is 3.13. The average molecular weight is 278 g/mol. The van der Waals surface area contributed by atoms with Crippen molar-refractivity contribution in [3.63, 3.8) is 0 Å². The van der Waals surface area contributed by atoms with Gasteiger partial charge >= 0.3 is 0 Å². The molecule has 1 fully saturated rings. The molecule has 106 valence electrons. The van der Waals surface area contributed by atoms with Crippen LogP contribution in [0.15, 0.2) is 24.3 Å². The lowest BCUT2D eigenvalue weighted by atomic mass is 9.86. The Morgan fingerprint density at radius 2 is 2.00 bits per heavy atom. The molecule has 0 aliphatic heterocycles. The van der Waals surface area contributed by atoms with E-state index < -0.39 is 0 Å². The second-order valence-corrected chi connectivity index (χ2v) is 6.36. The number of hydrogen-bond donors (Lipinski definition) is 2. The lowest BCUT2D eigenvalue weighted by molar-refractivity contribution is 0.584. The Hall–Kier alpha value is -2.10. The van der Waals surface area contributed by atoms with Crippen molar-refractivity contribution in [1.29, 1.82) is 0 Å². The van der Waals surface area contributed by atoms with Crippen LogP contribution in [-0.4, -0.2) is 20.2 Å². The lowest BCUT2D eigenvalue weighted by Crippen LogP contribution is -2.12. The quantitative estimate of drug-likeness (QED) is 0.752. The molecular formula is C17H18N4. The molecular weight excluding hydrogens is 260 g/mol. The Morgan fingerprint density at radius 1 is 1.10 bits per heavy atom. The standard InChI is InChI=1S/C17H18N4/c1-2-7-14-11(4-1)12-5-3-6-13(15(12)18-14)17-19-16(20-21-17)10-8-9-10/h1-2,4,7,10,13,18H,3,5-6,8-9H2,(H,19,20,21). The Balaban J connectivity index is 1.62. The van der Waals surface area contributed by atoms with E-state index >= 15 is 0 Å². The number of aryl methyl sites for hydroxylation is 1. The predicted octanol–water partition coefficient (Wildman–Crippen LogP) is 3.63. The third kappa shape index (κ3) is 1.75. The van der Waals surface area contributed by atoms with Crippen molar-refractivity contribution in [2.75, 3.05) is 0 Å². The van der Waals surface area contributed by atoms with Gasteiger partial charge in [-0.25, -0.2) is 4.98 Å². The summed E-state index contributed by atoms with van der Waals surface area (Å²) in [7, 11) is 0. The summed E-state index contributed by atoms with van der Waals surface area (Å²) in [4.78, 5) is 8.41. The van der Waals surface area contributed by atoms with Crippen molar-refractivity contribution in [3.05, 3.63) is 47.2 Å². The molecule has 1 saturated carbocycles. The topological polar surface area (TPSA) is 57.4 Å². The number of hydrogen-bond acceptors (Lipinski definition) is 2. The van der Waals surface area contributed by atoms with Crippen LogP contribution in [0.5, 0.6) is 0 Å². The van der Waals surface area contributed by atoms with Crippen LogP contribution in [0.25, 0.3) is 10.9 Å². The van der Waals surface area contributed by atoms with E-state index in [0.29, 0.717) is 11.8 Å². The number of aromatic amines is 2. The Bertz CT molecular complexity index is 809. The highest BCUT2D eigenvalue weighted by atomic mass is 15.2. The normalized spacial score (nSPS) is 21.6. The summed E-state index contributed by atoms with van der Waals surface area (Å²) in [6, 6.07) is 8.61. The van der Waals surface area contributed by atoms with Crippen molar-refractivity contribution < 1.29 is 0 Å². The Morgan fingerprint density at radius 3 is 2.90 bits per heavy atom. The maximum absolute atomic E-state index is 4.78. The van der Waals surface area contributed by atoms with Gasteiger partial charge in [0, 0.05) is 22.5 Å². The third-order valence-electron chi connectivity index (χ3n) is 4.91. The van der Waals surface area contributed by atoms with Crippen molar-refractivity contribution in [1.82, 2.24) is 20.2 Å². The van der Waals surface area contributed by atoms with Crippen molar-refractivity contribution in [3.8, 4) is 0 Å². The second-order valence-electron chi connectivity index (χ2n) is 6.36. The van der Waals surface area contributed by atoms with Crippen LogP contribution in [0.1, 0.15) is 60.4 Å². The summed E-state index contributed by atoms with van der Waals surface area (Å²) >= 11 is 0. The molecule has 2 aromatic heterocycles. The SMILES string of the molecule is c1ccc2c3c([nH]c2c1)C(c1nc(C2CC2)n[nH]1)CCC3. The van der Waals surface area contributed by atoms with E-state index in [9.17, 15) is 0 Å². The molecule has 0 saturated heterocycles. The van der Waals surface area contributed by atoms with Gasteiger partial charge in [0.25, 0.3) is 0 Å². The number of aromatic nitrogens is 4. The maximum Gasteiger partial charge on any atom is 0.153 e. The van der Waals surface area contributed by atoms with E-state index in [1.807, 2.05) is 0 Å². The van der Waals surface area contributed by atoms with Gasteiger partial charge in [0.1, 0.15) is 5.82 Å². The lowest BCUT2D eigenvalue weighted by Gasteiger charge is -2.20. The number of rotatable bonds is 2. The number of fused-ring (bicyclic) bond motifs is 3. The predicted molar refractivity (Wildman–Crippen MR) is 81.4 cm³/mol. The largest absolute Gasteiger partial charge is 0.358 e. The third-order valence-corrected chi connectivity index (χ3v) is 4.91. The molecule has 2 aliphatic carbocycles. The van der Waals surface area contributed by atoms with E-state index in [2.05, 4.69) is 39.4 Å². The van der Waals surface area contributed by atoms with Crippen LogP contribution in [0.2, 0.25) is 0 Å². The van der Waals surface area contributed by atoms with Gasteiger partial charge in [0.05, 0.1) is 5.92 Å². The molecule has 21 heavy (non-hydrogen) atoms. The summed E-state index contributed by atoms with van der Waals surface area (Å²) < 4.78 is 0. The van der Waals surface area contributed by atoms with Gasteiger partial charge in [-0.15, -0.1) is 0 Å². The Labute approximate surface area is 123 Å². The zero-order valence-electron chi connectivity index (χ0n) is 11.9. The summed E-state index contributed by atoms with van der Waals surface area (Å²) in [6.07, 6.45) is 6.04. The Kier molecular flexibility index (Phi) is 2.31. The molecule has 0 radical (unpaired) electrons. The van der Waals surface area contributed by atoms with Gasteiger partial charge in [0.2, 0.25) is 0 Å².